The smallest absolute Gasteiger partial charge is 0.111 e. The van der Waals surface area contributed by atoms with Gasteiger partial charge < -0.3 is 5.11 Å². The Hall–Kier alpha value is -0.900. The van der Waals surface area contributed by atoms with E-state index in [0.29, 0.717) is 5.69 Å². The molecule has 0 saturated carbocycles. The number of aliphatic hydroxyl groups is 1. The minimum Gasteiger partial charge on any atom is -0.387 e. The molecule has 0 aliphatic heterocycles. The summed E-state index contributed by atoms with van der Waals surface area (Å²) in [6.07, 6.45) is 6.20. The maximum Gasteiger partial charge on any atom is 0.111 e. The van der Waals surface area contributed by atoms with Crippen molar-refractivity contribution in [1.29, 1.82) is 0 Å². The standard InChI is InChI=1S/C10H19N3O/c1-3-4-5-6-7-13-8-10(9(2)14)11-12-13/h8-9,14H,3-7H2,1-2H3. The summed E-state index contributed by atoms with van der Waals surface area (Å²) in [6.45, 7) is 4.80. The fraction of sp³-hybridized carbons (Fsp3) is 0.800. The fourth-order valence-corrected chi connectivity index (χ4v) is 1.31. The monoisotopic (exact) mass is 197 g/mol. The third-order valence-corrected chi connectivity index (χ3v) is 2.23. The highest BCUT2D eigenvalue weighted by Gasteiger charge is 2.05. The summed E-state index contributed by atoms with van der Waals surface area (Å²) >= 11 is 0. The first kappa shape index (κ1) is 11.2. The Morgan fingerprint density at radius 2 is 2.21 bits per heavy atom. The number of aromatic nitrogens is 3. The van der Waals surface area contributed by atoms with E-state index in [9.17, 15) is 5.11 Å². The van der Waals surface area contributed by atoms with Gasteiger partial charge in [-0.15, -0.1) is 5.10 Å². The molecule has 0 bridgehead atoms. The number of aliphatic hydroxyl groups excluding tert-OH is 1. The number of rotatable bonds is 6. The van der Waals surface area contributed by atoms with Crippen LogP contribution in [0.1, 0.15) is 51.3 Å². The third kappa shape index (κ3) is 3.46. The van der Waals surface area contributed by atoms with E-state index in [1.807, 2.05) is 6.20 Å². The van der Waals surface area contributed by atoms with Gasteiger partial charge in [-0.25, -0.2) is 0 Å². The van der Waals surface area contributed by atoms with Crippen molar-refractivity contribution in [2.75, 3.05) is 0 Å². The summed E-state index contributed by atoms with van der Waals surface area (Å²) in [5, 5.41) is 17.1. The van der Waals surface area contributed by atoms with Crippen molar-refractivity contribution in [2.24, 2.45) is 0 Å². The number of nitrogens with zero attached hydrogens (tertiary/aromatic N) is 3. The minimum absolute atomic E-state index is 0.514. The third-order valence-electron chi connectivity index (χ3n) is 2.23. The van der Waals surface area contributed by atoms with Crippen LogP contribution in [0.3, 0.4) is 0 Å². The number of unbranched alkanes of at least 4 members (excludes halogenated alkanes) is 3. The molecular weight excluding hydrogens is 178 g/mol. The molecule has 0 saturated heterocycles. The molecule has 0 spiro atoms. The van der Waals surface area contributed by atoms with Gasteiger partial charge in [0, 0.05) is 6.54 Å². The van der Waals surface area contributed by atoms with E-state index in [1.165, 1.54) is 19.3 Å². The molecule has 80 valence electrons. The summed E-state index contributed by atoms with van der Waals surface area (Å²) in [7, 11) is 0. The van der Waals surface area contributed by atoms with Crippen LogP contribution in [0.15, 0.2) is 6.20 Å². The molecule has 1 rings (SSSR count). The van der Waals surface area contributed by atoms with E-state index in [0.717, 1.165) is 13.0 Å². The largest absolute Gasteiger partial charge is 0.387 e. The molecular formula is C10H19N3O. The SMILES string of the molecule is CCCCCCn1cc(C(C)O)nn1. The topological polar surface area (TPSA) is 50.9 Å². The Morgan fingerprint density at radius 1 is 1.43 bits per heavy atom. The Balaban J connectivity index is 2.29. The van der Waals surface area contributed by atoms with Gasteiger partial charge >= 0.3 is 0 Å². The zero-order valence-corrected chi connectivity index (χ0v) is 8.98. The molecule has 0 radical (unpaired) electrons. The lowest BCUT2D eigenvalue weighted by Crippen LogP contribution is -1.98. The molecule has 1 aromatic heterocycles. The van der Waals surface area contributed by atoms with Crippen LogP contribution in [-0.2, 0) is 6.54 Å². The van der Waals surface area contributed by atoms with Crippen LogP contribution >= 0.6 is 0 Å². The molecule has 4 heteroatoms. The van der Waals surface area contributed by atoms with Gasteiger partial charge in [-0.3, -0.25) is 4.68 Å². The second kappa shape index (κ2) is 5.75. The second-order valence-electron chi connectivity index (χ2n) is 3.64. The lowest BCUT2D eigenvalue weighted by molar-refractivity contribution is 0.194. The van der Waals surface area contributed by atoms with E-state index in [4.69, 9.17) is 0 Å². The lowest BCUT2D eigenvalue weighted by atomic mass is 10.2. The maximum atomic E-state index is 9.23. The first-order chi connectivity index (χ1) is 6.74. The Bertz CT molecular complexity index is 258. The summed E-state index contributed by atoms with van der Waals surface area (Å²) in [4.78, 5) is 0. The highest BCUT2D eigenvalue weighted by molar-refractivity contribution is 4.95. The van der Waals surface area contributed by atoms with Crippen LogP contribution in [0.4, 0.5) is 0 Å². The summed E-state index contributed by atoms with van der Waals surface area (Å²) in [6, 6.07) is 0. The summed E-state index contributed by atoms with van der Waals surface area (Å²) in [5.74, 6) is 0. The molecule has 0 amide bonds. The van der Waals surface area contributed by atoms with Crippen LogP contribution in [0.25, 0.3) is 0 Å². The molecule has 1 heterocycles. The van der Waals surface area contributed by atoms with Crippen molar-refractivity contribution in [2.45, 2.75) is 52.2 Å². The van der Waals surface area contributed by atoms with Gasteiger partial charge in [-0.05, 0) is 13.3 Å². The van der Waals surface area contributed by atoms with Gasteiger partial charge in [0.1, 0.15) is 5.69 Å². The van der Waals surface area contributed by atoms with Gasteiger partial charge in [0.25, 0.3) is 0 Å². The molecule has 1 unspecified atom stereocenters. The lowest BCUT2D eigenvalue weighted by Gasteiger charge is -1.99. The Morgan fingerprint density at radius 3 is 2.79 bits per heavy atom. The van der Waals surface area contributed by atoms with E-state index in [1.54, 1.807) is 11.6 Å². The fourth-order valence-electron chi connectivity index (χ4n) is 1.31. The van der Waals surface area contributed by atoms with E-state index >= 15 is 0 Å². The van der Waals surface area contributed by atoms with Crippen molar-refractivity contribution < 1.29 is 5.11 Å². The molecule has 0 aromatic carbocycles. The molecule has 1 atom stereocenters. The first-order valence-corrected chi connectivity index (χ1v) is 5.32. The van der Waals surface area contributed by atoms with Crippen LogP contribution in [0, 0.1) is 0 Å². The first-order valence-electron chi connectivity index (χ1n) is 5.32. The average Bonchev–Trinajstić information content (AvgIpc) is 2.61. The highest BCUT2D eigenvalue weighted by atomic mass is 16.3. The van der Waals surface area contributed by atoms with Gasteiger partial charge in [0.05, 0.1) is 12.3 Å². The van der Waals surface area contributed by atoms with Crippen molar-refractivity contribution in [3.8, 4) is 0 Å². The van der Waals surface area contributed by atoms with Crippen molar-refractivity contribution in [3.05, 3.63) is 11.9 Å². The van der Waals surface area contributed by atoms with E-state index < -0.39 is 6.10 Å². The zero-order valence-electron chi connectivity index (χ0n) is 8.98. The van der Waals surface area contributed by atoms with Crippen LogP contribution in [0.2, 0.25) is 0 Å². The minimum atomic E-state index is -0.514. The molecule has 4 nitrogen and oxygen atoms in total. The van der Waals surface area contributed by atoms with Gasteiger partial charge in [-0.1, -0.05) is 31.4 Å². The van der Waals surface area contributed by atoms with Gasteiger partial charge in [0.15, 0.2) is 0 Å². The number of aryl methyl sites for hydroxylation is 1. The molecule has 0 aliphatic carbocycles. The molecule has 14 heavy (non-hydrogen) atoms. The summed E-state index contributed by atoms with van der Waals surface area (Å²) in [5.41, 5.74) is 0.653. The Labute approximate surface area is 84.9 Å². The molecule has 1 aromatic rings. The molecule has 1 N–H and O–H groups in total. The van der Waals surface area contributed by atoms with Crippen LogP contribution in [-0.4, -0.2) is 20.1 Å². The van der Waals surface area contributed by atoms with Crippen molar-refractivity contribution in [1.82, 2.24) is 15.0 Å². The summed E-state index contributed by atoms with van der Waals surface area (Å²) < 4.78 is 1.80. The normalized spacial score (nSPS) is 13.1. The van der Waals surface area contributed by atoms with E-state index in [-0.39, 0.29) is 0 Å². The highest BCUT2D eigenvalue weighted by Crippen LogP contribution is 2.07. The van der Waals surface area contributed by atoms with Crippen molar-refractivity contribution >= 4 is 0 Å². The molecule has 0 aliphatic rings. The number of hydrogen-bond acceptors (Lipinski definition) is 3. The van der Waals surface area contributed by atoms with Gasteiger partial charge in [0.2, 0.25) is 0 Å². The van der Waals surface area contributed by atoms with Crippen LogP contribution < -0.4 is 0 Å². The van der Waals surface area contributed by atoms with Crippen LogP contribution in [0.5, 0.6) is 0 Å². The maximum absolute atomic E-state index is 9.23. The number of hydrogen-bond donors (Lipinski definition) is 1. The van der Waals surface area contributed by atoms with E-state index in [2.05, 4.69) is 17.2 Å². The molecule has 0 fully saturated rings. The second-order valence-corrected chi connectivity index (χ2v) is 3.64. The predicted molar refractivity (Wildman–Crippen MR) is 54.8 cm³/mol. The van der Waals surface area contributed by atoms with Crippen molar-refractivity contribution in [3.63, 3.8) is 0 Å². The Kier molecular flexibility index (Phi) is 4.59. The average molecular weight is 197 g/mol. The van der Waals surface area contributed by atoms with Gasteiger partial charge in [-0.2, -0.15) is 0 Å². The quantitative estimate of drug-likeness (QED) is 0.709. The predicted octanol–water partition coefficient (Wildman–Crippen LogP) is 1.91. The zero-order chi connectivity index (χ0) is 10.4.